The molecule has 0 saturated heterocycles. The van der Waals surface area contributed by atoms with Crippen molar-refractivity contribution in [2.24, 2.45) is 0 Å². The van der Waals surface area contributed by atoms with Crippen molar-refractivity contribution in [2.75, 3.05) is 6.61 Å². The Morgan fingerprint density at radius 1 is 0.800 bits per heavy atom. The van der Waals surface area contributed by atoms with Gasteiger partial charge in [-0.2, -0.15) is 10.5 Å². The molecule has 0 heterocycles. The van der Waals surface area contributed by atoms with E-state index in [1.807, 2.05) is 60.7 Å². The highest BCUT2D eigenvalue weighted by molar-refractivity contribution is 6.10. The van der Waals surface area contributed by atoms with Gasteiger partial charge in [-0.05, 0) is 41.2 Å². The highest BCUT2D eigenvalue weighted by atomic mass is 16.5. The molecule has 0 radical (unpaired) electrons. The van der Waals surface area contributed by atoms with Gasteiger partial charge in [0.15, 0.2) is 0 Å². The van der Waals surface area contributed by atoms with E-state index in [1.54, 1.807) is 12.1 Å². The first-order valence-electron chi connectivity index (χ1n) is 9.73. The lowest BCUT2D eigenvalue weighted by Gasteiger charge is -2.10. The summed E-state index contributed by atoms with van der Waals surface area (Å²) in [4.78, 5) is 12.9. The van der Waals surface area contributed by atoms with Gasteiger partial charge in [-0.25, -0.2) is 4.79 Å². The predicted octanol–water partition coefficient (Wildman–Crippen LogP) is 5.31. The summed E-state index contributed by atoms with van der Waals surface area (Å²) in [5.41, 5.74) is 5.33. The minimum atomic E-state index is -0.397. The first kappa shape index (κ1) is 19.2. The van der Waals surface area contributed by atoms with Gasteiger partial charge >= 0.3 is 5.97 Å². The van der Waals surface area contributed by atoms with Gasteiger partial charge in [0, 0.05) is 11.1 Å². The van der Waals surface area contributed by atoms with Crippen LogP contribution in [0.5, 0.6) is 0 Å². The number of rotatable bonds is 5. The number of nitrogens with zero attached hydrogens (tertiary/aromatic N) is 2. The number of hydrogen-bond acceptors (Lipinski definition) is 4. The summed E-state index contributed by atoms with van der Waals surface area (Å²) < 4.78 is 5.55. The number of benzene rings is 3. The van der Waals surface area contributed by atoms with E-state index in [4.69, 9.17) is 4.74 Å². The number of carbonyl (C=O) groups is 1. The molecule has 0 aliphatic heterocycles. The average Bonchev–Trinajstić information content (AvgIpc) is 3.13. The minimum Gasteiger partial charge on any atom is -0.462 e. The Hall–Kier alpha value is -4.15. The molecule has 0 aromatic heterocycles. The lowest BCUT2D eigenvalue weighted by atomic mass is 9.97. The van der Waals surface area contributed by atoms with Crippen LogP contribution in [0.3, 0.4) is 0 Å². The van der Waals surface area contributed by atoms with Crippen LogP contribution in [0.2, 0.25) is 0 Å². The molecule has 0 amide bonds. The molecule has 3 aromatic carbocycles. The minimum absolute atomic E-state index is 0.0366. The van der Waals surface area contributed by atoms with Crippen molar-refractivity contribution in [3.63, 3.8) is 0 Å². The molecule has 144 valence electrons. The van der Waals surface area contributed by atoms with Gasteiger partial charge in [-0.1, -0.05) is 66.7 Å². The zero-order valence-corrected chi connectivity index (χ0v) is 16.3. The quantitative estimate of drug-likeness (QED) is 0.263. The second-order valence-corrected chi connectivity index (χ2v) is 6.97. The van der Waals surface area contributed by atoms with E-state index < -0.39 is 5.97 Å². The van der Waals surface area contributed by atoms with E-state index in [0.717, 1.165) is 29.5 Å². The van der Waals surface area contributed by atoms with Crippen LogP contribution < -0.4 is 0 Å². The highest BCUT2D eigenvalue weighted by Crippen LogP contribution is 2.47. The molecule has 3 aromatic rings. The van der Waals surface area contributed by atoms with Crippen molar-refractivity contribution < 1.29 is 9.53 Å². The third-order valence-corrected chi connectivity index (χ3v) is 5.18. The van der Waals surface area contributed by atoms with Crippen LogP contribution in [-0.2, 0) is 11.2 Å². The Bertz CT molecular complexity index is 1210. The maximum atomic E-state index is 12.9. The van der Waals surface area contributed by atoms with Crippen molar-refractivity contribution in [1.29, 1.82) is 10.5 Å². The number of ether oxygens (including phenoxy) is 1. The smallest absolute Gasteiger partial charge is 0.338 e. The van der Waals surface area contributed by atoms with Crippen molar-refractivity contribution in [3.8, 4) is 23.3 Å². The highest BCUT2D eigenvalue weighted by Gasteiger charge is 2.30. The molecule has 0 N–H and O–H groups in total. The maximum absolute atomic E-state index is 12.9. The molecule has 0 atom stereocenters. The van der Waals surface area contributed by atoms with Crippen molar-refractivity contribution in [3.05, 3.63) is 101 Å². The lowest BCUT2D eigenvalue weighted by molar-refractivity contribution is 0.0501. The zero-order valence-electron chi connectivity index (χ0n) is 16.3. The average molecular weight is 390 g/mol. The molecule has 0 saturated carbocycles. The third kappa shape index (κ3) is 3.48. The van der Waals surface area contributed by atoms with Crippen LogP contribution >= 0.6 is 0 Å². The molecule has 0 spiro atoms. The van der Waals surface area contributed by atoms with Gasteiger partial charge in [0.25, 0.3) is 0 Å². The zero-order chi connectivity index (χ0) is 20.9. The van der Waals surface area contributed by atoms with Crippen LogP contribution in [-0.4, -0.2) is 12.6 Å². The fraction of sp³-hybridized carbons (Fsp3) is 0.115. The fourth-order valence-corrected chi connectivity index (χ4v) is 3.85. The molecule has 1 aliphatic rings. The van der Waals surface area contributed by atoms with Gasteiger partial charge in [0.05, 0.1) is 12.2 Å². The molecule has 0 fully saturated rings. The predicted molar refractivity (Wildman–Crippen MR) is 114 cm³/mol. The van der Waals surface area contributed by atoms with Crippen LogP contribution in [0.15, 0.2) is 78.4 Å². The van der Waals surface area contributed by atoms with Crippen molar-refractivity contribution in [2.45, 2.75) is 12.8 Å². The molecule has 0 unspecified atom stereocenters. The summed E-state index contributed by atoms with van der Waals surface area (Å²) in [6.45, 7) is 0.323. The number of esters is 1. The van der Waals surface area contributed by atoms with Crippen LogP contribution in [0.25, 0.3) is 16.7 Å². The molecule has 30 heavy (non-hydrogen) atoms. The Morgan fingerprint density at radius 3 is 2.20 bits per heavy atom. The SMILES string of the molecule is N#CC(C#N)=C1c2ccccc2-c2c(C(=O)OCCCc3ccccc3)cccc21. The van der Waals surface area contributed by atoms with Crippen LogP contribution in [0.1, 0.15) is 33.5 Å². The molecule has 0 bridgehead atoms. The van der Waals surface area contributed by atoms with Gasteiger partial charge in [-0.15, -0.1) is 0 Å². The van der Waals surface area contributed by atoms with Gasteiger partial charge in [0.1, 0.15) is 17.7 Å². The monoisotopic (exact) mass is 390 g/mol. The topological polar surface area (TPSA) is 73.9 Å². The first-order valence-corrected chi connectivity index (χ1v) is 9.73. The third-order valence-electron chi connectivity index (χ3n) is 5.18. The summed E-state index contributed by atoms with van der Waals surface area (Å²) in [7, 11) is 0. The number of hydrogen-bond donors (Lipinski definition) is 0. The Balaban J connectivity index is 1.62. The number of allylic oxidation sites excluding steroid dienone is 1. The second kappa shape index (κ2) is 8.47. The van der Waals surface area contributed by atoms with E-state index in [9.17, 15) is 15.3 Å². The van der Waals surface area contributed by atoms with E-state index in [-0.39, 0.29) is 5.57 Å². The van der Waals surface area contributed by atoms with Crippen LogP contribution in [0, 0.1) is 22.7 Å². The Morgan fingerprint density at radius 2 is 1.47 bits per heavy atom. The molecule has 1 aliphatic carbocycles. The fourth-order valence-electron chi connectivity index (χ4n) is 3.85. The number of fused-ring (bicyclic) bond motifs is 3. The molecule has 4 heteroatoms. The van der Waals surface area contributed by atoms with Gasteiger partial charge in [0.2, 0.25) is 0 Å². The first-order chi connectivity index (χ1) is 14.7. The lowest BCUT2D eigenvalue weighted by Crippen LogP contribution is -2.09. The summed E-state index contributed by atoms with van der Waals surface area (Å²) in [6.07, 6.45) is 1.57. The maximum Gasteiger partial charge on any atom is 0.338 e. The Labute approximate surface area is 175 Å². The largest absolute Gasteiger partial charge is 0.462 e. The van der Waals surface area contributed by atoms with Crippen molar-refractivity contribution in [1.82, 2.24) is 0 Å². The van der Waals surface area contributed by atoms with E-state index in [1.165, 1.54) is 5.56 Å². The molecule has 4 nitrogen and oxygen atoms in total. The van der Waals surface area contributed by atoms with E-state index in [0.29, 0.717) is 23.3 Å². The number of aryl methyl sites for hydroxylation is 1. The molecular formula is C26H18N2O2. The van der Waals surface area contributed by atoms with Crippen LogP contribution in [0.4, 0.5) is 0 Å². The molecular weight excluding hydrogens is 372 g/mol. The summed E-state index contributed by atoms with van der Waals surface area (Å²) in [6, 6.07) is 26.9. The van der Waals surface area contributed by atoms with Gasteiger partial charge < -0.3 is 4.74 Å². The summed E-state index contributed by atoms with van der Waals surface area (Å²) in [5.74, 6) is -0.397. The van der Waals surface area contributed by atoms with Gasteiger partial charge in [-0.3, -0.25) is 0 Å². The number of carbonyl (C=O) groups excluding carboxylic acids is 1. The molecule has 4 rings (SSSR count). The van der Waals surface area contributed by atoms with E-state index in [2.05, 4.69) is 12.1 Å². The number of nitriles is 2. The second-order valence-electron chi connectivity index (χ2n) is 6.97. The van der Waals surface area contributed by atoms with Crippen molar-refractivity contribution >= 4 is 11.5 Å². The Kier molecular flexibility index (Phi) is 5.42. The standard InChI is InChI=1S/C26H18N2O2/c27-16-19(17-28)24-20-11-4-5-12-21(20)25-22(24)13-6-14-23(25)26(29)30-15-7-10-18-8-2-1-3-9-18/h1-6,8-9,11-14H,7,10,15H2. The summed E-state index contributed by atoms with van der Waals surface area (Å²) in [5, 5.41) is 18.9. The summed E-state index contributed by atoms with van der Waals surface area (Å²) >= 11 is 0. The van der Waals surface area contributed by atoms with E-state index >= 15 is 0 Å². The normalized spacial score (nSPS) is 11.1.